The molecule has 0 bridgehead atoms. The first kappa shape index (κ1) is 88.5. The molecule has 0 fully saturated rings. The number of aromatic carboxylic acids is 1. The van der Waals surface area contributed by atoms with Crippen LogP contribution in [0.5, 0.6) is 17.2 Å². The van der Waals surface area contributed by atoms with Crippen molar-refractivity contribution in [1.29, 1.82) is 0 Å². The summed E-state index contributed by atoms with van der Waals surface area (Å²) in [7, 11) is 6.98. The van der Waals surface area contributed by atoms with Crippen molar-refractivity contribution in [2.24, 2.45) is 0 Å². The lowest BCUT2D eigenvalue weighted by Crippen LogP contribution is -2.32. The molecular weight excluding hydrogens is 1620 g/mol. The zero-order chi connectivity index (χ0) is 84.9. The van der Waals surface area contributed by atoms with E-state index in [1.807, 2.05) is 50.5 Å². The Hall–Kier alpha value is -12.4. The number of benzene rings is 6. The molecule has 0 aliphatic heterocycles. The van der Waals surface area contributed by atoms with Crippen molar-refractivity contribution in [3.63, 3.8) is 0 Å². The molecule has 12 aromatic rings. The SMILES string of the molecule is COC(=O)c1ccc(CC(=O)C(Cc2ccsc2)n2cc(OC)c(-c3cc(Cl)ccc3C(C)=O)cc2=O)cc1.COC(=O)c1ccc(N)cc1.COc1cn(C(Cc2ccsc2)C(=O)Cc2ccc(C(=O)O)cc2)c(=O)cc1-c1cc(Cl)ccc1C(C)=O.COc1cn(C(Cc2ccsc2)C(=O)O)c(=O)cc1-c1cc(Cl)ccc1C(C)=O. The van der Waals surface area contributed by atoms with E-state index in [0.29, 0.717) is 111 Å². The fraction of sp³-hybridized carbons (Fsp3) is 0.182. The summed E-state index contributed by atoms with van der Waals surface area (Å²) >= 11 is 23.0. The molecule has 0 amide bonds. The Labute approximate surface area is 698 Å². The molecule has 6 aromatic carbocycles. The van der Waals surface area contributed by atoms with Crippen molar-refractivity contribution < 1.29 is 77.0 Å². The maximum atomic E-state index is 13.7. The van der Waals surface area contributed by atoms with Crippen molar-refractivity contribution >= 4 is 127 Å². The minimum atomic E-state index is -1.12. The number of pyridine rings is 3. The summed E-state index contributed by atoms with van der Waals surface area (Å²) in [5.74, 6) is -3.05. The van der Waals surface area contributed by atoms with Crippen LogP contribution < -0.4 is 36.6 Å². The number of Topliss-reactive ketones (excluding diaryl/α,β-unsaturated/α-hetero) is 5. The van der Waals surface area contributed by atoms with Crippen LogP contribution in [0.3, 0.4) is 0 Å². The number of methoxy groups -OCH3 is 5. The Morgan fingerprint density at radius 3 is 0.957 bits per heavy atom. The lowest BCUT2D eigenvalue weighted by molar-refractivity contribution is -0.141. The summed E-state index contributed by atoms with van der Waals surface area (Å²) in [6.45, 7) is 4.29. The third-order valence-corrected chi connectivity index (χ3v) is 21.4. The number of nitrogen functional groups attached to an aromatic ring is 1. The second-order valence-electron chi connectivity index (χ2n) is 26.2. The number of carboxylic acid groups (broad SMARTS) is 2. The summed E-state index contributed by atoms with van der Waals surface area (Å²) in [6.07, 6.45) is 5.19. The Morgan fingerprint density at radius 2 is 0.684 bits per heavy atom. The molecule has 117 heavy (non-hydrogen) atoms. The topological polar surface area (TPSA) is 332 Å². The first-order chi connectivity index (χ1) is 55.9. The molecule has 0 saturated carbocycles. The molecule has 3 unspecified atom stereocenters. The number of nitrogens with two attached hydrogens (primary N) is 1. The van der Waals surface area contributed by atoms with Crippen LogP contribution in [-0.4, -0.2) is 112 Å². The summed E-state index contributed by atoms with van der Waals surface area (Å²) in [6, 6.07) is 40.5. The summed E-state index contributed by atoms with van der Waals surface area (Å²) < 4.78 is 29.8. The molecule has 4 N–H and O–H groups in total. The molecule has 12 rings (SSSR count). The Morgan fingerprint density at radius 1 is 0.385 bits per heavy atom. The van der Waals surface area contributed by atoms with E-state index in [9.17, 15) is 62.6 Å². The number of aromatic nitrogens is 3. The van der Waals surface area contributed by atoms with Gasteiger partial charge in [0, 0.05) is 104 Å². The van der Waals surface area contributed by atoms with Crippen LogP contribution in [0.15, 0.2) is 229 Å². The summed E-state index contributed by atoms with van der Waals surface area (Å²) in [5.41, 5.74) is 13.4. The summed E-state index contributed by atoms with van der Waals surface area (Å²) in [5, 5.41) is 31.4. The Balaban J connectivity index is 0.000000189. The number of halogens is 3. The zero-order valence-corrected chi connectivity index (χ0v) is 68.9. The molecule has 3 atom stereocenters. The van der Waals surface area contributed by atoms with Crippen LogP contribution in [0.1, 0.15) is 129 Å². The van der Waals surface area contributed by atoms with E-state index in [1.54, 1.807) is 115 Å². The maximum Gasteiger partial charge on any atom is 0.337 e. The largest absolute Gasteiger partial charge is 0.495 e. The lowest BCUT2D eigenvalue weighted by atomic mass is 9.96. The van der Waals surface area contributed by atoms with Gasteiger partial charge in [0.15, 0.2) is 28.9 Å². The number of ketones is 5. The molecule has 0 saturated heterocycles. The highest BCUT2D eigenvalue weighted by Crippen LogP contribution is 2.38. The number of carboxylic acids is 2. The average Bonchev–Trinajstić information content (AvgIpc) is 1.56. The molecule has 6 heterocycles. The van der Waals surface area contributed by atoms with Crippen LogP contribution >= 0.6 is 68.8 Å². The number of rotatable bonds is 28. The average molecular weight is 1700 g/mol. The van der Waals surface area contributed by atoms with Gasteiger partial charge in [-0.25, -0.2) is 19.2 Å². The first-order valence-corrected chi connectivity index (χ1v) is 39.5. The molecule has 0 radical (unpaired) electrons. The third kappa shape index (κ3) is 23.0. The van der Waals surface area contributed by atoms with Gasteiger partial charge in [-0.05, 0) is 219 Å². The highest BCUT2D eigenvalue weighted by Gasteiger charge is 2.30. The minimum absolute atomic E-state index is 0.00792. The molecule has 23 nitrogen and oxygen atoms in total. The summed E-state index contributed by atoms with van der Waals surface area (Å²) in [4.78, 5) is 149. The van der Waals surface area contributed by atoms with Gasteiger partial charge in [-0.3, -0.25) is 42.9 Å². The molecule has 29 heteroatoms. The number of thiophene rings is 3. The van der Waals surface area contributed by atoms with Gasteiger partial charge in [0.05, 0.1) is 82.9 Å². The van der Waals surface area contributed by atoms with Crippen LogP contribution in [0.25, 0.3) is 33.4 Å². The fourth-order valence-electron chi connectivity index (χ4n) is 12.5. The normalized spacial score (nSPS) is 11.4. The highest BCUT2D eigenvalue weighted by molar-refractivity contribution is 7.08. The van der Waals surface area contributed by atoms with Crippen molar-refractivity contribution in [1.82, 2.24) is 13.7 Å². The number of aliphatic carboxylic acids is 1. The van der Waals surface area contributed by atoms with E-state index in [4.69, 9.17) is 64.6 Å². The van der Waals surface area contributed by atoms with E-state index >= 15 is 0 Å². The maximum absolute atomic E-state index is 13.7. The molecular formula is C88H77Cl3N4O19S3. The number of esters is 2. The molecule has 6 aromatic heterocycles. The predicted octanol–water partition coefficient (Wildman–Crippen LogP) is 16.9. The van der Waals surface area contributed by atoms with E-state index in [2.05, 4.69) is 4.74 Å². The van der Waals surface area contributed by atoms with Crippen molar-refractivity contribution in [2.45, 2.75) is 71.0 Å². The van der Waals surface area contributed by atoms with Gasteiger partial charge in [0.2, 0.25) is 0 Å². The van der Waals surface area contributed by atoms with Gasteiger partial charge >= 0.3 is 23.9 Å². The minimum Gasteiger partial charge on any atom is -0.495 e. The van der Waals surface area contributed by atoms with Gasteiger partial charge < -0.3 is 48.8 Å². The highest BCUT2D eigenvalue weighted by atomic mass is 35.5. The monoisotopic (exact) mass is 1690 g/mol. The van der Waals surface area contributed by atoms with E-state index in [0.717, 1.165) is 21.3 Å². The van der Waals surface area contributed by atoms with E-state index in [-0.39, 0.29) is 71.9 Å². The number of nitrogens with zero attached hydrogens (tertiary/aromatic N) is 3. The smallest absolute Gasteiger partial charge is 0.337 e. The van der Waals surface area contributed by atoms with Crippen LogP contribution in [0, 0.1) is 0 Å². The quantitative estimate of drug-likeness (QED) is 0.0233. The van der Waals surface area contributed by atoms with Gasteiger partial charge in [0.25, 0.3) is 16.7 Å². The van der Waals surface area contributed by atoms with Crippen molar-refractivity contribution in [3.8, 4) is 50.6 Å². The van der Waals surface area contributed by atoms with Gasteiger partial charge in [-0.1, -0.05) is 59.1 Å². The van der Waals surface area contributed by atoms with Crippen molar-refractivity contribution in [2.75, 3.05) is 41.3 Å². The number of ether oxygens (including phenoxy) is 5. The van der Waals surface area contributed by atoms with Crippen LogP contribution in [-0.2, 0) is 56.0 Å². The number of hydrogen-bond donors (Lipinski definition) is 3. The standard InChI is InChI=1S/C30H26ClNO6S.C29H24ClNO6S.C21H18ClNO5S.C8H9NO2/c1-18(33)23-9-8-22(31)14-24(23)25-15-29(35)32(16-28(25)37-2)26(12-20-10-11-39-17-20)27(34)13-19-4-6-21(7-5-19)30(36)38-3;1-17(32)22-8-7-21(30)13-23(22)24-14-28(34)31(15-27(24)37-2)25(11-19-9-10-38-16-19)26(33)12-18-3-5-20(6-4-18)29(35)36;1-12(24)15-4-3-14(22)8-16(15)17-9-20(25)23(10-19(17)28-2)18(21(26)27)7-13-5-6-29-11-13;1-11-8(10)6-2-4-7(9)5-3-6/h4-11,14-17,26H,12-13H2,1-3H3;3-10,13-16,25H,11-12H2,1-2H3,(H,35,36);3-6,8-11,18H,7H2,1-2H3,(H,26,27);2-5H,9H2,1H3. The second-order valence-corrected chi connectivity index (χ2v) is 29.9. The Kier molecular flexibility index (Phi) is 31.2. The second kappa shape index (κ2) is 41.2. The number of carbonyl (C=O) groups excluding carboxylic acids is 7. The number of anilines is 1. The third-order valence-electron chi connectivity index (χ3n) is 18.5. The van der Waals surface area contributed by atoms with Gasteiger partial charge in [-0.2, -0.15) is 34.0 Å². The zero-order valence-electron chi connectivity index (χ0n) is 64.2. The fourth-order valence-corrected chi connectivity index (χ4v) is 15.1. The van der Waals surface area contributed by atoms with E-state index < -0.39 is 52.7 Å². The van der Waals surface area contributed by atoms with Crippen molar-refractivity contribution in [3.05, 3.63) is 322 Å². The van der Waals surface area contributed by atoms with E-state index in [1.165, 1.54) is 148 Å². The van der Waals surface area contributed by atoms with Gasteiger partial charge in [0.1, 0.15) is 23.3 Å². The predicted molar refractivity (Wildman–Crippen MR) is 453 cm³/mol. The number of carbonyl (C=O) groups is 9. The number of hydrogen-bond acceptors (Lipinski definition) is 21. The van der Waals surface area contributed by atoms with Crippen LogP contribution in [0.4, 0.5) is 5.69 Å². The van der Waals surface area contributed by atoms with Gasteiger partial charge in [-0.15, -0.1) is 0 Å². The van der Waals surface area contributed by atoms with Crippen LogP contribution in [0.2, 0.25) is 15.1 Å². The molecule has 0 aliphatic carbocycles. The lowest BCUT2D eigenvalue weighted by Gasteiger charge is -2.21. The molecule has 0 spiro atoms. The Bertz CT molecular complexity index is 5830. The molecule has 602 valence electrons. The first-order valence-electron chi connectivity index (χ1n) is 35.5. The molecule has 0 aliphatic rings.